The molecule has 32 heavy (non-hydrogen) atoms. The van der Waals surface area contributed by atoms with Crippen LogP contribution in [0.5, 0.6) is 0 Å². The van der Waals surface area contributed by atoms with E-state index in [-0.39, 0.29) is 16.7 Å². The van der Waals surface area contributed by atoms with E-state index in [0.29, 0.717) is 9.56 Å². The van der Waals surface area contributed by atoms with Crippen molar-refractivity contribution in [3.8, 4) is 0 Å². The number of carbonyl (C=O) groups excluding carboxylic acids is 1. The summed E-state index contributed by atoms with van der Waals surface area (Å²) in [4.78, 5) is 13.4. The monoisotopic (exact) mass is 538 g/mol. The number of rotatable bonds is 3. The number of fused-ring (bicyclic) bond motifs is 1. The van der Waals surface area contributed by atoms with Crippen molar-refractivity contribution in [2.45, 2.75) is 30.9 Å². The Morgan fingerprint density at radius 1 is 1.16 bits per heavy atom. The second kappa shape index (κ2) is 8.10. The van der Waals surface area contributed by atoms with E-state index in [4.69, 9.17) is 0 Å². The number of thiophene rings is 1. The predicted molar refractivity (Wildman–Crippen MR) is 110 cm³/mol. The molecule has 1 aromatic carbocycles. The molecular weight excluding hydrogens is 526 g/mol. The van der Waals surface area contributed by atoms with Gasteiger partial charge < -0.3 is 10.6 Å². The Bertz CT molecular complexity index is 1140. The standard InChI is InChI=1S/C19H13BrF6N4OS/c20-14-15(17(31)28-10-5-2-1-4-9(10)18(21,22)23)29-30-13(19(24,25)26)8-11(27-16(14)30)12-6-3-7-32-12/h1-7,11,13,27H,8H2,(H,28,31). The van der Waals surface area contributed by atoms with E-state index in [0.717, 1.165) is 18.2 Å². The molecule has 0 spiro atoms. The molecule has 13 heteroatoms. The Balaban J connectivity index is 1.71. The number of nitrogens with one attached hydrogen (secondary N) is 2. The van der Waals surface area contributed by atoms with E-state index in [1.54, 1.807) is 17.5 Å². The molecular formula is C19H13BrF6N4OS. The van der Waals surface area contributed by atoms with Gasteiger partial charge in [-0.3, -0.25) is 4.79 Å². The molecule has 170 valence electrons. The van der Waals surface area contributed by atoms with Crippen molar-refractivity contribution in [3.63, 3.8) is 0 Å². The van der Waals surface area contributed by atoms with E-state index in [1.165, 1.54) is 17.4 Å². The summed E-state index contributed by atoms with van der Waals surface area (Å²) >= 11 is 4.38. The first kappa shape index (κ1) is 22.6. The summed E-state index contributed by atoms with van der Waals surface area (Å²) in [5, 5.41) is 10.6. The Labute approximate surface area is 189 Å². The van der Waals surface area contributed by atoms with E-state index in [1.807, 2.05) is 0 Å². The number of aromatic nitrogens is 2. The number of benzene rings is 1. The van der Waals surface area contributed by atoms with Crippen LogP contribution in [0.2, 0.25) is 0 Å². The maximum atomic E-state index is 13.8. The summed E-state index contributed by atoms with van der Waals surface area (Å²) in [7, 11) is 0. The highest BCUT2D eigenvalue weighted by atomic mass is 79.9. The molecule has 1 aliphatic rings. The van der Waals surface area contributed by atoms with Gasteiger partial charge >= 0.3 is 12.4 Å². The lowest BCUT2D eigenvalue weighted by Gasteiger charge is -2.33. The van der Waals surface area contributed by atoms with Gasteiger partial charge in [-0.05, 0) is 39.5 Å². The first-order valence-electron chi connectivity index (χ1n) is 9.09. The van der Waals surface area contributed by atoms with Crippen molar-refractivity contribution in [1.29, 1.82) is 0 Å². The molecule has 1 aliphatic heterocycles. The second-order valence-corrected chi connectivity index (χ2v) is 8.73. The lowest BCUT2D eigenvalue weighted by Crippen LogP contribution is -2.35. The van der Waals surface area contributed by atoms with Gasteiger partial charge in [0, 0.05) is 11.3 Å². The van der Waals surface area contributed by atoms with Gasteiger partial charge in [-0.2, -0.15) is 31.4 Å². The predicted octanol–water partition coefficient (Wildman–Crippen LogP) is 6.64. The summed E-state index contributed by atoms with van der Waals surface area (Å²) in [5.41, 5.74) is -2.08. The molecule has 5 nitrogen and oxygen atoms in total. The van der Waals surface area contributed by atoms with Crippen LogP contribution in [0.3, 0.4) is 0 Å². The Morgan fingerprint density at radius 2 is 1.88 bits per heavy atom. The van der Waals surface area contributed by atoms with Crippen LogP contribution in [-0.4, -0.2) is 21.9 Å². The van der Waals surface area contributed by atoms with Crippen molar-refractivity contribution in [2.75, 3.05) is 10.6 Å². The molecule has 3 heterocycles. The zero-order valence-corrected chi connectivity index (χ0v) is 18.2. The number of halogens is 7. The lowest BCUT2D eigenvalue weighted by atomic mass is 10.0. The van der Waals surface area contributed by atoms with Crippen molar-refractivity contribution >= 4 is 44.7 Å². The number of amides is 1. The zero-order chi connectivity index (χ0) is 23.3. The van der Waals surface area contributed by atoms with Crippen LogP contribution in [0.15, 0.2) is 46.3 Å². The molecule has 2 unspecified atom stereocenters. The first-order chi connectivity index (χ1) is 15.0. The molecule has 1 amide bonds. The third kappa shape index (κ3) is 4.22. The van der Waals surface area contributed by atoms with Crippen LogP contribution in [0.4, 0.5) is 37.8 Å². The fourth-order valence-electron chi connectivity index (χ4n) is 3.43. The SMILES string of the molecule is O=C(Nc1ccccc1C(F)(F)F)c1nn2c(c1Br)NC(c1cccs1)CC2C(F)(F)F. The minimum Gasteiger partial charge on any atom is -0.362 e. The number of alkyl halides is 6. The number of hydrogen-bond acceptors (Lipinski definition) is 4. The van der Waals surface area contributed by atoms with Crippen LogP contribution in [0.25, 0.3) is 0 Å². The summed E-state index contributed by atoms with van der Waals surface area (Å²) < 4.78 is 81.6. The third-order valence-electron chi connectivity index (χ3n) is 4.88. The topological polar surface area (TPSA) is 59.0 Å². The van der Waals surface area contributed by atoms with Crippen LogP contribution < -0.4 is 10.6 Å². The largest absolute Gasteiger partial charge is 0.418 e. The van der Waals surface area contributed by atoms with Crippen molar-refractivity contribution in [1.82, 2.24) is 9.78 Å². The van der Waals surface area contributed by atoms with Crippen LogP contribution >= 0.6 is 27.3 Å². The van der Waals surface area contributed by atoms with E-state index in [9.17, 15) is 31.1 Å². The Hall–Kier alpha value is -2.54. The molecule has 2 aromatic heterocycles. The molecule has 0 radical (unpaired) electrons. The fraction of sp³-hybridized carbons (Fsp3) is 0.263. The highest BCUT2D eigenvalue weighted by Gasteiger charge is 2.48. The van der Waals surface area contributed by atoms with Crippen molar-refractivity contribution in [2.24, 2.45) is 0 Å². The van der Waals surface area contributed by atoms with Gasteiger partial charge in [0.25, 0.3) is 5.91 Å². The van der Waals surface area contributed by atoms with Gasteiger partial charge in [-0.15, -0.1) is 11.3 Å². The van der Waals surface area contributed by atoms with Gasteiger partial charge in [0.2, 0.25) is 0 Å². The quantitative estimate of drug-likeness (QED) is 0.367. The number of hydrogen-bond donors (Lipinski definition) is 2. The maximum Gasteiger partial charge on any atom is 0.418 e. The zero-order valence-electron chi connectivity index (χ0n) is 15.8. The van der Waals surface area contributed by atoms with Crippen molar-refractivity contribution in [3.05, 3.63) is 62.4 Å². The average molecular weight is 539 g/mol. The average Bonchev–Trinajstić information content (AvgIpc) is 3.35. The lowest BCUT2D eigenvalue weighted by molar-refractivity contribution is -0.173. The van der Waals surface area contributed by atoms with Gasteiger partial charge in [0.15, 0.2) is 11.7 Å². The van der Waals surface area contributed by atoms with Crippen molar-refractivity contribution < 1.29 is 31.1 Å². The summed E-state index contributed by atoms with van der Waals surface area (Å²) in [6.07, 6.45) is -9.75. The van der Waals surface area contributed by atoms with Gasteiger partial charge in [0.1, 0.15) is 5.82 Å². The molecule has 2 N–H and O–H groups in total. The van der Waals surface area contributed by atoms with E-state index < -0.39 is 47.3 Å². The highest BCUT2D eigenvalue weighted by Crippen LogP contribution is 2.47. The normalized spacial score (nSPS) is 18.7. The third-order valence-corrected chi connectivity index (χ3v) is 6.62. The summed E-state index contributed by atoms with van der Waals surface area (Å²) in [5.74, 6) is -1.16. The highest BCUT2D eigenvalue weighted by molar-refractivity contribution is 9.10. The molecule has 0 saturated heterocycles. The second-order valence-electron chi connectivity index (χ2n) is 6.96. The van der Waals surface area contributed by atoms with Gasteiger partial charge in [0.05, 0.1) is 21.8 Å². The smallest absolute Gasteiger partial charge is 0.362 e. The minimum atomic E-state index is -4.73. The summed E-state index contributed by atoms with van der Waals surface area (Å²) in [6, 6.07) is 5.00. The molecule has 0 fully saturated rings. The molecule has 3 aromatic rings. The van der Waals surface area contributed by atoms with E-state index >= 15 is 0 Å². The van der Waals surface area contributed by atoms with E-state index in [2.05, 4.69) is 31.7 Å². The van der Waals surface area contributed by atoms with Gasteiger partial charge in [-0.25, -0.2) is 4.68 Å². The molecule has 0 bridgehead atoms. The van der Waals surface area contributed by atoms with Gasteiger partial charge in [-0.1, -0.05) is 18.2 Å². The fourth-order valence-corrected chi connectivity index (χ4v) is 4.78. The molecule has 0 saturated carbocycles. The number of carbonyl (C=O) groups is 1. The molecule has 0 aliphatic carbocycles. The Morgan fingerprint density at radius 3 is 2.50 bits per heavy atom. The molecule has 4 rings (SSSR count). The summed E-state index contributed by atoms with van der Waals surface area (Å²) in [6.45, 7) is 0. The maximum absolute atomic E-state index is 13.8. The Kier molecular flexibility index (Phi) is 5.74. The number of para-hydroxylation sites is 1. The van der Waals surface area contributed by atoms with Crippen LogP contribution in [0.1, 0.15) is 39.4 Å². The number of anilines is 2. The molecule has 2 atom stereocenters. The van der Waals surface area contributed by atoms with Crippen LogP contribution in [-0.2, 0) is 6.18 Å². The number of nitrogens with zero attached hydrogens (tertiary/aromatic N) is 2. The van der Waals surface area contributed by atoms with Crippen LogP contribution in [0, 0.1) is 0 Å². The minimum absolute atomic E-state index is 0.0741. The first-order valence-corrected chi connectivity index (χ1v) is 10.8.